The summed E-state index contributed by atoms with van der Waals surface area (Å²) in [4.78, 5) is 17.6. The molecule has 4 N–H and O–H groups in total. The van der Waals surface area contributed by atoms with E-state index in [1.807, 2.05) is 23.1 Å². The van der Waals surface area contributed by atoms with Crippen LogP contribution >= 0.6 is 11.3 Å². The van der Waals surface area contributed by atoms with E-state index < -0.39 is 0 Å². The summed E-state index contributed by atoms with van der Waals surface area (Å²) in [6, 6.07) is 5.61. The number of carbonyl (C=O) groups is 1. The van der Waals surface area contributed by atoms with Gasteiger partial charge >= 0.3 is 0 Å². The maximum atomic E-state index is 11.2. The van der Waals surface area contributed by atoms with Crippen molar-refractivity contribution in [1.29, 1.82) is 0 Å². The summed E-state index contributed by atoms with van der Waals surface area (Å²) < 4.78 is 1.02. The van der Waals surface area contributed by atoms with Crippen molar-refractivity contribution >= 4 is 38.3 Å². The molecule has 1 aromatic carbocycles. The van der Waals surface area contributed by atoms with E-state index in [2.05, 4.69) is 18.8 Å². The summed E-state index contributed by atoms with van der Waals surface area (Å²) in [5, 5.41) is 0.813. The van der Waals surface area contributed by atoms with Crippen molar-refractivity contribution in [1.82, 2.24) is 4.98 Å². The lowest BCUT2D eigenvalue weighted by Crippen LogP contribution is -2.36. The SMILES string of the molecule is CC(C)CN(CC(N)=O)c1nc2ccc(N)cc2s1. The second kappa shape index (κ2) is 5.44. The summed E-state index contributed by atoms with van der Waals surface area (Å²) in [6.45, 7) is 5.13. The number of thiazole rings is 1. The van der Waals surface area contributed by atoms with Gasteiger partial charge in [-0.1, -0.05) is 25.2 Å². The molecule has 19 heavy (non-hydrogen) atoms. The highest BCUT2D eigenvalue weighted by molar-refractivity contribution is 7.22. The maximum Gasteiger partial charge on any atom is 0.237 e. The minimum absolute atomic E-state index is 0.188. The topological polar surface area (TPSA) is 85.2 Å². The first-order chi connectivity index (χ1) is 8.95. The fraction of sp³-hybridized carbons (Fsp3) is 0.385. The molecule has 2 aromatic rings. The van der Waals surface area contributed by atoms with Crippen LogP contribution in [0, 0.1) is 5.92 Å². The number of hydrogen-bond donors (Lipinski definition) is 2. The number of rotatable bonds is 5. The van der Waals surface area contributed by atoms with E-state index >= 15 is 0 Å². The van der Waals surface area contributed by atoms with E-state index in [1.54, 1.807) is 0 Å². The molecule has 1 amide bonds. The standard InChI is InChI=1S/C13H18N4OS/c1-8(2)6-17(7-12(15)18)13-16-10-4-3-9(14)5-11(10)19-13/h3-5,8H,6-7,14H2,1-2H3,(H2,15,18). The molecule has 5 nitrogen and oxygen atoms in total. The van der Waals surface area contributed by atoms with Gasteiger partial charge in [0.05, 0.1) is 16.8 Å². The number of amides is 1. The number of carbonyl (C=O) groups excluding carboxylic acids is 1. The Bertz CT molecular complexity index is 593. The molecule has 0 aliphatic carbocycles. The third-order valence-electron chi connectivity index (χ3n) is 2.60. The van der Waals surface area contributed by atoms with Gasteiger partial charge in [-0.3, -0.25) is 4.79 Å². The first-order valence-electron chi connectivity index (χ1n) is 6.15. The maximum absolute atomic E-state index is 11.2. The van der Waals surface area contributed by atoms with Crippen LogP contribution in [0.1, 0.15) is 13.8 Å². The molecule has 0 saturated carbocycles. The molecule has 0 aliphatic rings. The minimum Gasteiger partial charge on any atom is -0.399 e. The fourth-order valence-corrected chi connectivity index (χ4v) is 2.93. The first kappa shape index (κ1) is 13.6. The molecule has 2 rings (SSSR count). The Labute approximate surface area is 116 Å². The summed E-state index contributed by atoms with van der Waals surface area (Å²) in [7, 11) is 0. The molecular weight excluding hydrogens is 260 g/mol. The molecule has 0 atom stereocenters. The number of hydrogen-bond acceptors (Lipinski definition) is 5. The number of fused-ring (bicyclic) bond motifs is 1. The monoisotopic (exact) mass is 278 g/mol. The van der Waals surface area contributed by atoms with Gasteiger partial charge in [-0.2, -0.15) is 0 Å². The Hall–Kier alpha value is -1.82. The van der Waals surface area contributed by atoms with Gasteiger partial charge in [0.2, 0.25) is 5.91 Å². The highest BCUT2D eigenvalue weighted by Gasteiger charge is 2.15. The van der Waals surface area contributed by atoms with E-state index in [0.717, 1.165) is 21.9 Å². The average molecular weight is 278 g/mol. The zero-order valence-electron chi connectivity index (χ0n) is 11.1. The third kappa shape index (κ3) is 3.35. The lowest BCUT2D eigenvalue weighted by Gasteiger charge is -2.21. The zero-order valence-corrected chi connectivity index (χ0v) is 11.9. The van der Waals surface area contributed by atoms with E-state index in [0.29, 0.717) is 11.6 Å². The van der Waals surface area contributed by atoms with Gasteiger partial charge in [-0.05, 0) is 24.1 Å². The van der Waals surface area contributed by atoms with Gasteiger partial charge in [-0.15, -0.1) is 0 Å². The number of benzene rings is 1. The number of nitrogen functional groups attached to an aromatic ring is 1. The van der Waals surface area contributed by atoms with E-state index in [1.165, 1.54) is 11.3 Å². The highest BCUT2D eigenvalue weighted by Crippen LogP contribution is 2.30. The largest absolute Gasteiger partial charge is 0.399 e. The highest BCUT2D eigenvalue weighted by atomic mass is 32.1. The van der Waals surface area contributed by atoms with Gasteiger partial charge in [0, 0.05) is 12.2 Å². The molecule has 0 unspecified atom stereocenters. The number of nitrogens with zero attached hydrogens (tertiary/aromatic N) is 2. The van der Waals surface area contributed by atoms with Crippen molar-refractivity contribution < 1.29 is 4.79 Å². The van der Waals surface area contributed by atoms with Gasteiger partial charge in [0.25, 0.3) is 0 Å². The summed E-state index contributed by atoms with van der Waals surface area (Å²) >= 11 is 1.53. The van der Waals surface area contributed by atoms with Crippen LogP contribution in [0.5, 0.6) is 0 Å². The fourth-order valence-electron chi connectivity index (χ4n) is 1.90. The zero-order chi connectivity index (χ0) is 14.0. The van der Waals surface area contributed by atoms with Gasteiger partial charge < -0.3 is 16.4 Å². The first-order valence-corrected chi connectivity index (χ1v) is 6.96. The van der Waals surface area contributed by atoms with Gasteiger partial charge in [-0.25, -0.2) is 4.98 Å². The predicted molar refractivity (Wildman–Crippen MR) is 80.3 cm³/mol. The van der Waals surface area contributed by atoms with Crippen molar-refractivity contribution in [3.63, 3.8) is 0 Å². The van der Waals surface area contributed by atoms with Crippen LogP contribution in [-0.2, 0) is 4.79 Å². The second-order valence-electron chi connectivity index (χ2n) is 4.96. The van der Waals surface area contributed by atoms with Crippen LogP contribution in [0.4, 0.5) is 10.8 Å². The second-order valence-corrected chi connectivity index (χ2v) is 5.97. The molecule has 0 aliphatic heterocycles. The summed E-state index contributed by atoms with van der Waals surface area (Å²) in [6.07, 6.45) is 0. The Morgan fingerprint density at radius 1 is 1.47 bits per heavy atom. The average Bonchev–Trinajstić information content (AvgIpc) is 2.69. The predicted octanol–water partition coefficient (Wildman–Crippen LogP) is 1.83. The van der Waals surface area contributed by atoms with Crippen molar-refractivity contribution in [3.05, 3.63) is 18.2 Å². The number of nitrogens with two attached hydrogens (primary N) is 2. The molecule has 102 valence electrons. The summed E-state index contributed by atoms with van der Waals surface area (Å²) in [5.74, 6) is 0.0795. The van der Waals surface area contributed by atoms with Gasteiger partial charge in [0.15, 0.2) is 5.13 Å². The van der Waals surface area contributed by atoms with E-state index in [-0.39, 0.29) is 12.5 Å². The quantitative estimate of drug-likeness (QED) is 0.817. The van der Waals surface area contributed by atoms with Gasteiger partial charge in [0.1, 0.15) is 0 Å². The molecular formula is C13H18N4OS. The Kier molecular flexibility index (Phi) is 3.90. The molecule has 6 heteroatoms. The molecule has 0 fully saturated rings. The van der Waals surface area contributed by atoms with Crippen LogP contribution < -0.4 is 16.4 Å². The Morgan fingerprint density at radius 2 is 2.21 bits per heavy atom. The van der Waals surface area contributed by atoms with E-state index in [4.69, 9.17) is 11.5 Å². The molecule has 0 spiro atoms. The molecule has 0 radical (unpaired) electrons. The minimum atomic E-state index is -0.348. The lowest BCUT2D eigenvalue weighted by molar-refractivity contribution is -0.116. The van der Waals surface area contributed by atoms with Crippen LogP contribution in [0.25, 0.3) is 10.2 Å². The summed E-state index contributed by atoms with van der Waals surface area (Å²) in [5.41, 5.74) is 12.7. The Balaban J connectivity index is 2.34. The number of primary amides is 1. The number of anilines is 2. The van der Waals surface area contributed by atoms with Crippen LogP contribution in [0.2, 0.25) is 0 Å². The van der Waals surface area contributed by atoms with Crippen molar-refractivity contribution in [2.24, 2.45) is 11.7 Å². The van der Waals surface area contributed by atoms with Crippen molar-refractivity contribution in [2.75, 3.05) is 23.7 Å². The lowest BCUT2D eigenvalue weighted by atomic mass is 10.2. The molecule has 1 heterocycles. The third-order valence-corrected chi connectivity index (χ3v) is 3.68. The van der Waals surface area contributed by atoms with Crippen molar-refractivity contribution in [3.8, 4) is 0 Å². The van der Waals surface area contributed by atoms with Crippen LogP contribution in [-0.4, -0.2) is 24.0 Å². The normalized spacial score (nSPS) is 11.1. The molecule has 0 bridgehead atoms. The van der Waals surface area contributed by atoms with Crippen LogP contribution in [0.15, 0.2) is 18.2 Å². The van der Waals surface area contributed by atoms with E-state index in [9.17, 15) is 4.79 Å². The molecule has 1 aromatic heterocycles. The molecule has 0 saturated heterocycles. The van der Waals surface area contributed by atoms with Crippen LogP contribution in [0.3, 0.4) is 0 Å². The smallest absolute Gasteiger partial charge is 0.237 e. The van der Waals surface area contributed by atoms with Crippen molar-refractivity contribution in [2.45, 2.75) is 13.8 Å². The Morgan fingerprint density at radius 3 is 2.84 bits per heavy atom. The number of aromatic nitrogens is 1.